The van der Waals surface area contributed by atoms with E-state index in [1.165, 1.54) is 24.0 Å². The van der Waals surface area contributed by atoms with Crippen LogP contribution in [0.15, 0.2) is 73.1 Å². The van der Waals surface area contributed by atoms with Crippen LogP contribution in [0.5, 0.6) is 0 Å². The number of aromatic nitrogens is 1. The van der Waals surface area contributed by atoms with Gasteiger partial charge in [-0.25, -0.2) is 0 Å². The number of piperidine rings is 1. The van der Waals surface area contributed by atoms with Crippen molar-refractivity contribution in [3.63, 3.8) is 0 Å². The summed E-state index contributed by atoms with van der Waals surface area (Å²) in [6.45, 7) is 4.60. The molecule has 4 nitrogen and oxygen atoms in total. The summed E-state index contributed by atoms with van der Waals surface area (Å²) in [5.41, 5.74) is 5.39. The first-order valence-corrected chi connectivity index (χ1v) is 10.7. The van der Waals surface area contributed by atoms with Crippen LogP contribution < -0.4 is 10.2 Å². The zero-order valence-electron chi connectivity index (χ0n) is 17.6. The smallest absolute Gasteiger partial charge is 0.253 e. The molecule has 1 aromatic heterocycles. The number of benzene rings is 2. The Morgan fingerprint density at radius 2 is 1.73 bits per heavy atom. The van der Waals surface area contributed by atoms with E-state index in [0.717, 1.165) is 36.7 Å². The first-order valence-electron chi connectivity index (χ1n) is 10.7. The van der Waals surface area contributed by atoms with Crippen molar-refractivity contribution in [2.45, 2.75) is 32.7 Å². The van der Waals surface area contributed by atoms with Gasteiger partial charge in [-0.05, 0) is 49.3 Å². The molecule has 3 aromatic rings. The van der Waals surface area contributed by atoms with E-state index < -0.39 is 0 Å². The molecule has 1 aliphatic rings. The molecule has 0 atom stereocenters. The predicted molar refractivity (Wildman–Crippen MR) is 122 cm³/mol. The third-order valence-electron chi connectivity index (χ3n) is 5.91. The van der Waals surface area contributed by atoms with Gasteiger partial charge in [0.05, 0.1) is 17.4 Å². The van der Waals surface area contributed by atoms with Crippen molar-refractivity contribution in [3.8, 4) is 0 Å². The number of hydrogen-bond acceptors (Lipinski definition) is 3. The van der Waals surface area contributed by atoms with E-state index in [4.69, 9.17) is 0 Å². The third kappa shape index (κ3) is 5.26. The van der Waals surface area contributed by atoms with Crippen LogP contribution in [-0.4, -0.2) is 24.0 Å². The van der Waals surface area contributed by atoms with Crippen LogP contribution >= 0.6 is 0 Å². The lowest BCUT2D eigenvalue weighted by Crippen LogP contribution is -2.34. The minimum atomic E-state index is -0.0797. The van der Waals surface area contributed by atoms with Crippen LogP contribution in [0.4, 0.5) is 5.69 Å². The van der Waals surface area contributed by atoms with Gasteiger partial charge in [-0.2, -0.15) is 0 Å². The molecular formula is C26H29N3O. The Kier molecular flexibility index (Phi) is 6.43. The SMILES string of the molecule is Cc1ccc(CNC(=O)c2cncc(N3CCC(Cc4ccccc4)CC3)c2)cc1. The highest BCUT2D eigenvalue weighted by Gasteiger charge is 2.20. The van der Waals surface area contributed by atoms with Crippen LogP contribution in [0.25, 0.3) is 0 Å². The summed E-state index contributed by atoms with van der Waals surface area (Å²) in [5, 5.41) is 3.00. The molecule has 0 spiro atoms. The Hall–Kier alpha value is -3.14. The number of aryl methyl sites for hydroxylation is 1. The van der Waals surface area contributed by atoms with Crippen molar-refractivity contribution in [1.82, 2.24) is 10.3 Å². The quantitative estimate of drug-likeness (QED) is 0.649. The maximum Gasteiger partial charge on any atom is 0.253 e. The largest absolute Gasteiger partial charge is 0.370 e. The van der Waals surface area contributed by atoms with Crippen molar-refractivity contribution >= 4 is 11.6 Å². The van der Waals surface area contributed by atoms with E-state index in [1.807, 2.05) is 24.4 Å². The molecule has 0 bridgehead atoms. The molecule has 0 unspecified atom stereocenters. The fourth-order valence-corrected chi connectivity index (χ4v) is 4.06. The molecule has 4 rings (SSSR count). The summed E-state index contributed by atoms with van der Waals surface area (Å²) in [4.78, 5) is 19.3. The molecular weight excluding hydrogens is 370 g/mol. The molecule has 4 heteroatoms. The van der Waals surface area contributed by atoms with E-state index in [0.29, 0.717) is 12.1 Å². The molecule has 2 heterocycles. The monoisotopic (exact) mass is 399 g/mol. The second-order valence-corrected chi connectivity index (χ2v) is 8.22. The van der Waals surface area contributed by atoms with Gasteiger partial charge in [-0.3, -0.25) is 9.78 Å². The topological polar surface area (TPSA) is 45.2 Å². The lowest BCUT2D eigenvalue weighted by Gasteiger charge is -2.33. The molecule has 0 saturated carbocycles. The first kappa shape index (κ1) is 20.1. The average molecular weight is 400 g/mol. The molecule has 154 valence electrons. The normalized spacial score (nSPS) is 14.5. The minimum absolute atomic E-state index is 0.0797. The van der Waals surface area contributed by atoms with Crippen LogP contribution in [0, 0.1) is 12.8 Å². The number of nitrogens with zero attached hydrogens (tertiary/aromatic N) is 2. The van der Waals surface area contributed by atoms with E-state index in [-0.39, 0.29) is 5.91 Å². The third-order valence-corrected chi connectivity index (χ3v) is 5.91. The van der Waals surface area contributed by atoms with Gasteiger partial charge in [-0.15, -0.1) is 0 Å². The number of rotatable bonds is 6. The molecule has 1 amide bonds. The van der Waals surface area contributed by atoms with Crippen molar-refractivity contribution in [1.29, 1.82) is 0 Å². The van der Waals surface area contributed by atoms with Gasteiger partial charge >= 0.3 is 0 Å². The van der Waals surface area contributed by atoms with E-state index >= 15 is 0 Å². The first-order chi connectivity index (χ1) is 14.7. The standard InChI is InChI=1S/C26H29N3O/c1-20-7-9-23(10-8-20)17-28-26(30)24-16-25(19-27-18-24)29-13-11-22(12-14-29)15-21-5-3-2-4-6-21/h2-10,16,18-19,22H,11-15,17H2,1H3,(H,28,30). The zero-order chi connectivity index (χ0) is 20.8. The van der Waals surface area contributed by atoms with Gasteiger partial charge in [0.25, 0.3) is 5.91 Å². The van der Waals surface area contributed by atoms with Crippen molar-refractivity contribution in [2.75, 3.05) is 18.0 Å². The molecule has 0 aliphatic carbocycles. The molecule has 1 N–H and O–H groups in total. The van der Waals surface area contributed by atoms with Crippen LogP contribution in [0.2, 0.25) is 0 Å². The van der Waals surface area contributed by atoms with Crippen LogP contribution in [0.1, 0.15) is 39.9 Å². The van der Waals surface area contributed by atoms with E-state index in [1.54, 1.807) is 6.20 Å². The summed E-state index contributed by atoms with van der Waals surface area (Å²) in [6, 6.07) is 20.9. The number of hydrogen-bond donors (Lipinski definition) is 1. The second-order valence-electron chi connectivity index (χ2n) is 8.22. The van der Waals surface area contributed by atoms with Gasteiger partial charge in [-0.1, -0.05) is 60.2 Å². The summed E-state index contributed by atoms with van der Waals surface area (Å²) in [5.74, 6) is 0.640. The van der Waals surface area contributed by atoms with Crippen LogP contribution in [-0.2, 0) is 13.0 Å². The van der Waals surface area contributed by atoms with Crippen molar-refractivity contribution in [2.24, 2.45) is 5.92 Å². The fraction of sp³-hybridized carbons (Fsp3) is 0.308. The highest BCUT2D eigenvalue weighted by Crippen LogP contribution is 2.26. The average Bonchev–Trinajstić information content (AvgIpc) is 2.80. The number of nitrogens with one attached hydrogen (secondary N) is 1. The van der Waals surface area contributed by atoms with Gasteiger partial charge in [0, 0.05) is 25.8 Å². The Labute approximate surface area is 179 Å². The molecule has 2 aromatic carbocycles. The Morgan fingerprint density at radius 1 is 1.00 bits per heavy atom. The predicted octanol–water partition coefficient (Wildman–Crippen LogP) is 4.78. The van der Waals surface area contributed by atoms with Crippen molar-refractivity contribution < 1.29 is 4.79 Å². The lowest BCUT2D eigenvalue weighted by atomic mass is 9.90. The maximum absolute atomic E-state index is 12.6. The number of carbonyl (C=O) groups excluding carboxylic acids is 1. The molecule has 1 aliphatic heterocycles. The fourth-order valence-electron chi connectivity index (χ4n) is 4.06. The van der Waals surface area contributed by atoms with E-state index in [9.17, 15) is 4.79 Å². The summed E-state index contributed by atoms with van der Waals surface area (Å²) >= 11 is 0. The molecule has 1 fully saturated rings. The van der Waals surface area contributed by atoms with Crippen molar-refractivity contribution in [3.05, 3.63) is 95.3 Å². The highest BCUT2D eigenvalue weighted by atomic mass is 16.1. The molecule has 30 heavy (non-hydrogen) atoms. The Morgan fingerprint density at radius 3 is 2.47 bits per heavy atom. The minimum Gasteiger partial charge on any atom is -0.370 e. The van der Waals surface area contributed by atoms with Gasteiger partial charge in [0.2, 0.25) is 0 Å². The molecule has 0 radical (unpaired) electrons. The van der Waals surface area contributed by atoms with Gasteiger partial charge in [0.15, 0.2) is 0 Å². The summed E-state index contributed by atoms with van der Waals surface area (Å²) in [6.07, 6.45) is 7.00. The number of amides is 1. The van der Waals surface area contributed by atoms with Gasteiger partial charge in [0.1, 0.15) is 0 Å². The summed E-state index contributed by atoms with van der Waals surface area (Å²) in [7, 11) is 0. The number of pyridine rings is 1. The lowest BCUT2D eigenvalue weighted by molar-refractivity contribution is 0.0950. The number of anilines is 1. The van der Waals surface area contributed by atoms with Gasteiger partial charge < -0.3 is 10.2 Å². The summed E-state index contributed by atoms with van der Waals surface area (Å²) < 4.78 is 0. The Bertz CT molecular complexity index is 961. The zero-order valence-corrected chi connectivity index (χ0v) is 17.6. The maximum atomic E-state index is 12.6. The van der Waals surface area contributed by atoms with E-state index in [2.05, 4.69) is 64.6 Å². The molecule has 1 saturated heterocycles. The number of carbonyl (C=O) groups is 1. The highest BCUT2D eigenvalue weighted by molar-refractivity contribution is 5.94. The van der Waals surface area contributed by atoms with Crippen LogP contribution in [0.3, 0.4) is 0 Å². The Balaban J connectivity index is 1.32. The second kappa shape index (κ2) is 9.57.